The second-order valence-electron chi connectivity index (χ2n) is 6.06. The van der Waals surface area contributed by atoms with E-state index in [-0.39, 0.29) is 16.8 Å². The summed E-state index contributed by atoms with van der Waals surface area (Å²) in [7, 11) is -3.52. The number of nitrogens with one attached hydrogen (secondary N) is 2. The minimum Gasteiger partial charge on any atom is -0.326 e. The molecule has 0 bridgehead atoms. The summed E-state index contributed by atoms with van der Waals surface area (Å²) in [5.74, 6) is -0.152. The van der Waals surface area contributed by atoms with E-state index in [9.17, 15) is 13.2 Å². The molecule has 0 spiro atoms. The molecule has 1 aliphatic carbocycles. The molecule has 2 aromatic rings. The van der Waals surface area contributed by atoms with Crippen molar-refractivity contribution in [3.63, 3.8) is 0 Å². The van der Waals surface area contributed by atoms with Gasteiger partial charge < -0.3 is 5.32 Å². The van der Waals surface area contributed by atoms with Crippen LogP contribution in [0.1, 0.15) is 24.8 Å². The molecule has 25 heavy (non-hydrogen) atoms. The summed E-state index contributed by atoms with van der Waals surface area (Å²) >= 11 is 3.46. The highest BCUT2D eigenvalue weighted by atomic mass is 79.9. The van der Waals surface area contributed by atoms with E-state index in [1.165, 1.54) is 12.1 Å². The molecule has 132 valence electrons. The highest BCUT2D eigenvalue weighted by Crippen LogP contribution is 2.23. The predicted molar refractivity (Wildman–Crippen MR) is 101 cm³/mol. The van der Waals surface area contributed by atoms with Crippen LogP contribution in [0.25, 0.3) is 0 Å². The minimum atomic E-state index is -3.52. The fraction of sp³-hybridized carbons (Fsp3) is 0.278. The zero-order valence-electron chi connectivity index (χ0n) is 13.5. The Kier molecular flexibility index (Phi) is 5.56. The quantitative estimate of drug-likeness (QED) is 0.716. The van der Waals surface area contributed by atoms with Crippen molar-refractivity contribution in [1.82, 2.24) is 4.72 Å². The van der Waals surface area contributed by atoms with Gasteiger partial charge in [-0.3, -0.25) is 4.79 Å². The topological polar surface area (TPSA) is 75.3 Å². The molecule has 3 rings (SSSR count). The molecular weight excluding hydrogens is 404 g/mol. The summed E-state index contributed by atoms with van der Waals surface area (Å²) < 4.78 is 28.1. The van der Waals surface area contributed by atoms with Gasteiger partial charge in [-0.15, -0.1) is 0 Å². The van der Waals surface area contributed by atoms with Gasteiger partial charge in [0.05, 0.1) is 4.90 Å². The van der Waals surface area contributed by atoms with E-state index in [0.717, 1.165) is 22.9 Å². The first-order valence-corrected chi connectivity index (χ1v) is 10.4. The highest BCUT2D eigenvalue weighted by Gasteiger charge is 2.28. The Bertz CT molecular complexity index is 879. The minimum absolute atomic E-state index is 0.0487. The van der Waals surface area contributed by atoms with E-state index < -0.39 is 10.0 Å². The third-order valence-corrected chi connectivity index (χ3v) is 6.20. The summed E-state index contributed by atoms with van der Waals surface area (Å²) in [4.78, 5) is 12.3. The van der Waals surface area contributed by atoms with E-state index >= 15 is 0 Å². The fourth-order valence-corrected chi connectivity index (χ4v) is 4.24. The van der Waals surface area contributed by atoms with Crippen LogP contribution < -0.4 is 10.0 Å². The molecule has 1 fully saturated rings. The van der Waals surface area contributed by atoms with Gasteiger partial charge in [-0.2, -0.15) is 0 Å². The second-order valence-corrected chi connectivity index (χ2v) is 8.63. The molecule has 0 heterocycles. The summed E-state index contributed by atoms with van der Waals surface area (Å²) in [5, 5.41) is 2.77. The number of amides is 1. The van der Waals surface area contributed by atoms with Crippen LogP contribution in [0.5, 0.6) is 0 Å². The van der Waals surface area contributed by atoms with E-state index in [1.54, 1.807) is 12.1 Å². The zero-order valence-corrected chi connectivity index (χ0v) is 15.9. The molecule has 5 nitrogen and oxygen atoms in total. The fourth-order valence-electron chi connectivity index (χ4n) is 2.40. The predicted octanol–water partition coefficient (Wildman–Crippen LogP) is 3.46. The van der Waals surface area contributed by atoms with Gasteiger partial charge in [0.15, 0.2) is 0 Å². The molecule has 0 atom stereocenters. The molecule has 7 heteroatoms. The summed E-state index contributed by atoms with van der Waals surface area (Å²) in [6, 6.07) is 14.1. The van der Waals surface area contributed by atoms with Crippen molar-refractivity contribution in [2.24, 2.45) is 0 Å². The maximum atomic E-state index is 12.2. The maximum Gasteiger partial charge on any atom is 0.240 e. The molecular formula is C18H19BrN2O3S. The van der Waals surface area contributed by atoms with Crippen molar-refractivity contribution in [3.8, 4) is 0 Å². The Hall–Kier alpha value is -1.70. The van der Waals surface area contributed by atoms with Crippen molar-refractivity contribution < 1.29 is 13.2 Å². The summed E-state index contributed by atoms with van der Waals surface area (Å²) in [5.41, 5.74) is 1.54. The molecule has 1 amide bonds. The lowest BCUT2D eigenvalue weighted by Gasteiger charge is -2.09. The van der Waals surface area contributed by atoms with Gasteiger partial charge in [-0.1, -0.05) is 40.2 Å². The van der Waals surface area contributed by atoms with Gasteiger partial charge in [-0.25, -0.2) is 13.1 Å². The average molecular weight is 423 g/mol. The van der Waals surface area contributed by atoms with Crippen molar-refractivity contribution in [3.05, 3.63) is 58.6 Å². The van der Waals surface area contributed by atoms with Gasteiger partial charge in [0.1, 0.15) is 0 Å². The third kappa shape index (κ3) is 5.14. The molecule has 1 aliphatic rings. The molecule has 0 unspecified atom stereocenters. The normalized spacial score (nSPS) is 14.3. The second kappa shape index (κ2) is 7.68. The van der Waals surface area contributed by atoms with E-state index in [0.29, 0.717) is 18.5 Å². The number of hydrogen-bond acceptors (Lipinski definition) is 3. The monoisotopic (exact) mass is 422 g/mol. The molecule has 2 aromatic carbocycles. The van der Waals surface area contributed by atoms with Gasteiger partial charge >= 0.3 is 0 Å². The van der Waals surface area contributed by atoms with Crippen LogP contribution in [-0.4, -0.2) is 20.4 Å². The third-order valence-electron chi connectivity index (χ3n) is 3.91. The van der Waals surface area contributed by atoms with Crippen molar-refractivity contribution in [2.45, 2.75) is 36.6 Å². The number of aryl methyl sites for hydroxylation is 1. The number of benzene rings is 2. The Balaban J connectivity index is 1.61. The lowest BCUT2D eigenvalue weighted by molar-refractivity contribution is -0.116. The molecule has 0 aliphatic heterocycles. The standard InChI is InChI=1S/C18H19BrN2O3S/c19-17-7-2-1-4-13(17)8-11-18(22)20-15-5-3-6-16(12-15)25(23,24)21-14-9-10-14/h1-7,12,14,21H,8-11H2,(H,20,22). The van der Waals surface area contributed by atoms with Gasteiger partial charge in [-0.05, 0) is 49.1 Å². The number of carbonyl (C=O) groups excluding carboxylic acids is 1. The van der Waals surface area contributed by atoms with E-state index in [2.05, 4.69) is 26.0 Å². The van der Waals surface area contributed by atoms with Crippen molar-refractivity contribution in [2.75, 3.05) is 5.32 Å². The lowest BCUT2D eigenvalue weighted by atomic mass is 10.1. The van der Waals surface area contributed by atoms with Gasteiger partial charge in [0.25, 0.3) is 0 Å². The van der Waals surface area contributed by atoms with E-state index in [4.69, 9.17) is 0 Å². The van der Waals surface area contributed by atoms with Crippen LogP contribution in [-0.2, 0) is 21.2 Å². The first-order chi connectivity index (χ1) is 11.9. The Morgan fingerprint density at radius 3 is 2.60 bits per heavy atom. The van der Waals surface area contributed by atoms with Crippen molar-refractivity contribution in [1.29, 1.82) is 0 Å². The number of hydrogen-bond donors (Lipinski definition) is 2. The number of halogens is 1. The molecule has 1 saturated carbocycles. The zero-order chi connectivity index (χ0) is 17.9. The van der Waals surface area contributed by atoms with Crippen LogP contribution >= 0.6 is 15.9 Å². The summed E-state index contributed by atoms with van der Waals surface area (Å²) in [6.45, 7) is 0. The maximum absolute atomic E-state index is 12.2. The molecule has 0 saturated heterocycles. The first-order valence-electron chi connectivity index (χ1n) is 8.10. The Morgan fingerprint density at radius 2 is 1.88 bits per heavy atom. The highest BCUT2D eigenvalue weighted by molar-refractivity contribution is 9.10. The van der Waals surface area contributed by atoms with Crippen LogP contribution in [0.15, 0.2) is 57.9 Å². The van der Waals surface area contributed by atoms with Gasteiger partial charge in [0.2, 0.25) is 15.9 Å². The van der Waals surface area contributed by atoms with E-state index in [1.807, 2.05) is 24.3 Å². The Morgan fingerprint density at radius 1 is 1.12 bits per heavy atom. The number of sulfonamides is 1. The number of carbonyl (C=O) groups is 1. The van der Waals surface area contributed by atoms with Crippen LogP contribution in [0.4, 0.5) is 5.69 Å². The largest absolute Gasteiger partial charge is 0.326 e. The lowest BCUT2D eigenvalue weighted by Crippen LogP contribution is -2.25. The Labute approximate surface area is 156 Å². The smallest absolute Gasteiger partial charge is 0.240 e. The molecule has 0 radical (unpaired) electrons. The van der Waals surface area contributed by atoms with Crippen LogP contribution in [0.3, 0.4) is 0 Å². The average Bonchev–Trinajstić information content (AvgIpc) is 3.38. The van der Waals surface area contributed by atoms with Crippen LogP contribution in [0.2, 0.25) is 0 Å². The number of rotatable bonds is 7. The molecule has 0 aromatic heterocycles. The van der Waals surface area contributed by atoms with Gasteiger partial charge in [0, 0.05) is 22.6 Å². The van der Waals surface area contributed by atoms with Crippen LogP contribution in [0, 0.1) is 0 Å². The SMILES string of the molecule is O=C(CCc1ccccc1Br)Nc1cccc(S(=O)(=O)NC2CC2)c1. The van der Waals surface area contributed by atoms with Crippen molar-refractivity contribution >= 4 is 37.5 Å². The first kappa shape index (κ1) is 18.1. The number of anilines is 1. The molecule has 2 N–H and O–H groups in total. The summed E-state index contributed by atoms with van der Waals surface area (Å²) in [6.07, 6.45) is 2.68.